The molecule has 2 amide bonds. The van der Waals surface area contributed by atoms with Crippen molar-refractivity contribution in [3.8, 4) is 0 Å². The van der Waals surface area contributed by atoms with Crippen LogP contribution in [0.15, 0.2) is 41.3 Å². The standard InChI is InChI=1S/C16H21N3O3/c1-12-10-17-7-5-13(12)6-8-18-15(20)19-11-16(2,21)14-4-3-9-22-14/h3-5,7,9-10,21H,6,8,11H2,1-2H3,(H2,18,19,20). The van der Waals surface area contributed by atoms with Crippen molar-refractivity contribution >= 4 is 6.03 Å². The van der Waals surface area contributed by atoms with E-state index in [9.17, 15) is 9.90 Å². The summed E-state index contributed by atoms with van der Waals surface area (Å²) < 4.78 is 5.16. The maximum Gasteiger partial charge on any atom is 0.314 e. The second kappa shape index (κ2) is 7.09. The maximum absolute atomic E-state index is 11.8. The van der Waals surface area contributed by atoms with Crippen molar-refractivity contribution in [1.82, 2.24) is 15.6 Å². The van der Waals surface area contributed by atoms with E-state index >= 15 is 0 Å². The monoisotopic (exact) mass is 303 g/mol. The molecule has 2 aromatic rings. The zero-order valence-corrected chi connectivity index (χ0v) is 12.8. The predicted octanol–water partition coefficient (Wildman–Crippen LogP) is 1.73. The third kappa shape index (κ3) is 4.33. The van der Waals surface area contributed by atoms with E-state index in [0.29, 0.717) is 12.3 Å². The van der Waals surface area contributed by atoms with Gasteiger partial charge >= 0.3 is 6.03 Å². The number of rotatable bonds is 6. The molecule has 0 aliphatic heterocycles. The molecule has 0 aliphatic rings. The molecule has 118 valence electrons. The quantitative estimate of drug-likeness (QED) is 0.758. The minimum absolute atomic E-state index is 0.0701. The second-order valence-electron chi connectivity index (χ2n) is 5.41. The first-order valence-electron chi connectivity index (χ1n) is 7.16. The summed E-state index contributed by atoms with van der Waals surface area (Å²) in [5.74, 6) is 0.417. The van der Waals surface area contributed by atoms with Gasteiger partial charge in [-0.2, -0.15) is 0 Å². The van der Waals surface area contributed by atoms with Crippen LogP contribution >= 0.6 is 0 Å². The highest BCUT2D eigenvalue weighted by Gasteiger charge is 2.26. The summed E-state index contributed by atoms with van der Waals surface area (Å²) in [6, 6.07) is 4.99. The van der Waals surface area contributed by atoms with Crippen LogP contribution in [0.25, 0.3) is 0 Å². The molecule has 0 saturated heterocycles. The lowest BCUT2D eigenvalue weighted by atomic mass is 10.0. The van der Waals surface area contributed by atoms with Crippen LogP contribution < -0.4 is 10.6 Å². The third-order valence-electron chi connectivity index (χ3n) is 3.46. The van der Waals surface area contributed by atoms with E-state index in [1.54, 1.807) is 31.5 Å². The van der Waals surface area contributed by atoms with Gasteiger partial charge in [-0.25, -0.2) is 4.79 Å². The van der Waals surface area contributed by atoms with Crippen LogP contribution in [0.4, 0.5) is 4.79 Å². The van der Waals surface area contributed by atoms with Crippen molar-refractivity contribution in [1.29, 1.82) is 0 Å². The average Bonchev–Trinajstić information content (AvgIpc) is 3.02. The van der Waals surface area contributed by atoms with Gasteiger partial charge in [0.15, 0.2) is 0 Å². The van der Waals surface area contributed by atoms with Crippen molar-refractivity contribution in [3.05, 3.63) is 53.7 Å². The summed E-state index contributed by atoms with van der Waals surface area (Å²) in [4.78, 5) is 15.8. The minimum Gasteiger partial charge on any atom is -0.466 e. The topological polar surface area (TPSA) is 87.4 Å². The number of furan rings is 1. The Morgan fingerprint density at radius 3 is 2.91 bits per heavy atom. The van der Waals surface area contributed by atoms with E-state index in [-0.39, 0.29) is 12.6 Å². The summed E-state index contributed by atoms with van der Waals surface area (Å²) >= 11 is 0. The van der Waals surface area contributed by atoms with Gasteiger partial charge in [-0.15, -0.1) is 0 Å². The lowest BCUT2D eigenvalue weighted by Crippen LogP contribution is -2.43. The number of aliphatic hydroxyl groups is 1. The number of carbonyl (C=O) groups excluding carboxylic acids is 1. The summed E-state index contributed by atoms with van der Waals surface area (Å²) in [5.41, 5.74) is 1.02. The van der Waals surface area contributed by atoms with E-state index in [1.807, 2.05) is 13.0 Å². The van der Waals surface area contributed by atoms with Crippen molar-refractivity contribution in [3.63, 3.8) is 0 Å². The Bertz CT molecular complexity index is 609. The number of aromatic nitrogens is 1. The Balaban J connectivity index is 1.73. The molecule has 3 N–H and O–H groups in total. The number of hydrogen-bond donors (Lipinski definition) is 3. The van der Waals surface area contributed by atoms with Gasteiger partial charge in [-0.1, -0.05) is 0 Å². The molecule has 2 aromatic heterocycles. The van der Waals surface area contributed by atoms with Gasteiger partial charge in [-0.05, 0) is 49.6 Å². The average molecular weight is 303 g/mol. The fourth-order valence-corrected chi connectivity index (χ4v) is 2.08. The maximum atomic E-state index is 11.8. The highest BCUT2D eigenvalue weighted by molar-refractivity contribution is 5.73. The predicted molar refractivity (Wildman–Crippen MR) is 82.4 cm³/mol. The molecule has 6 heteroatoms. The number of nitrogens with one attached hydrogen (secondary N) is 2. The lowest BCUT2D eigenvalue weighted by Gasteiger charge is -2.21. The van der Waals surface area contributed by atoms with E-state index in [1.165, 1.54) is 6.26 Å². The smallest absolute Gasteiger partial charge is 0.314 e. The third-order valence-corrected chi connectivity index (χ3v) is 3.46. The molecule has 22 heavy (non-hydrogen) atoms. The number of carbonyl (C=O) groups is 1. The Morgan fingerprint density at radius 2 is 2.23 bits per heavy atom. The molecular weight excluding hydrogens is 282 g/mol. The molecule has 0 aliphatic carbocycles. The van der Waals surface area contributed by atoms with Gasteiger partial charge in [0.2, 0.25) is 0 Å². The summed E-state index contributed by atoms with van der Waals surface area (Å²) in [5, 5.41) is 15.6. The van der Waals surface area contributed by atoms with E-state index < -0.39 is 5.60 Å². The molecule has 0 radical (unpaired) electrons. The normalized spacial score (nSPS) is 13.4. The Morgan fingerprint density at radius 1 is 1.41 bits per heavy atom. The van der Waals surface area contributed by atoms with Gasteiger partial charge in [0.25, 0.3) is 0 Å². The zero-order valence-electron chi connectivity index (χ0n) is 12.8. The number of urea groups is 1. The van der Waals surface area contributed by atoms with Crippen LogP contribution in [0.5, 0.6) is 0 Å². The SMILES string of the molecule is Cc1cnccc1CCNC(=O)NCC(C)(O)c1ccco1. The van der Waals surface area contributed by atoms with Crippen LogP contribution in [-0.4, -0.2) is 29.2 Å². The van der Waals surface area contributed by atoms with Crippen LogP contribution in [0, 0.1) is 6.92 Å². The van der Waals surface area contributed by atoms with Gasteiger partial charge in [0.05, 0.1) is 12.8 Å². The summed E-state index contributed by atoms with van der Waals surface area (Å²) in [6.45, 7) is 4.16. The van der Waals surface area contributed by atoms with Crippen LogP contribution in [-0.2, 0) is 12.0 Å². The van der Waals surface area contributed by atoms with Crippen molar-refractivity contribution in [2.45, 2.75) is 25.9 Å². The Hall–Kier alpha value is -2.34. The van der Waals surface area contributed by atoms with Crippen molar-refractivity contribution in [2.24, 2.45) is 0 Å². The first-order valence-corrected chi connectivity index (χ1v) is 7.16. The first-order chi connectivity index (χ1) is 10.5. The van der Waals surface area contributed by atoms with Gasteiger partial charge < -0.3 is 20.2 Å². The van der Waals surface area contributed by atoms with E-state index in [0.717, 1.165) is 17.5 Å². The van der Waals surface area contributed by atoms with Crippen molar-refractivity contribution < 1.29 is 14.3 Å². The minimum atomic E-state index is -1.23. The Kier molecular flexibility index (Phi) is 5.16. The fraction of sp³-hybridized carbons (Fsp3) is 0.375. The molecule has 0 saturated carbocycles. The molecule has 2 heterocycles. The molecule has 1 unspecified atom stereocenters. The molecule has 6 nitrogen and oxygen atoms in total. The van der Waals surface area contributed by atoms with Crippen molar-refractivity contribution in [2.75, 3.05) is 13.1 Å². The van der Waals surface area contributed by atoms with Crippen LogP contribution in [0.3, 0.4) is 0 Å². The molecule has 0 fully saturated rings. The van der Waals surface area contributed by atoms with Crippen LogP contribution in [0.1, 0.15) is 23.8 Å². The van der Waals surface area contributed by atoms with E-state index in [4.69, 9.17) is 4.42 Å². The highest BCUT2D eigenvalue weighted by Crippen LogP contribution is 2.19. The van der Waals surface area contributed by atoms with Gasteiger partial charge in [0, 0.05) is 18.9 Å². The summed E-state index contributed by atoms with van der Waals surface area (Å²) in [7, 11) is 0. The molecular formula is C16H21N3O3. The molecule has 0 bridgehead atoms. The highest BCUT2D eigenvalue weighted by atomic mass is 16.4. The molecule has 0 aromatic carbocycles. The molecule has 2 rings (SSSR count). The zero-order chi connectivity index (χ0) is 16.0. The largest absolute Gasteiger partial charge is 0.466 e. The fourth-order valence-electron chi connectivity index (χ4n) is 2.08. The Labute approximate surface area is 129 Å². The van der Waals surface area contributed by atoms with Gasteiger partial charge in [-0.3, -0.25) is 4.98 Å². The molecule has 0 spiro atoms. The number of aryl methyl sites for hydroxylation is 1. The number of amides is 2. The van der Waals surface area contributed by atoms with Gasteiger partial charge in [0.1, 0.15) is 11.4 Å². The number of nitrogens with zero attached hydrogens (tertiary/aromatic N) is 1. The van der Waals surface area contributed by atoms with Crippen LogP contribution in [0.2, 0.25) is 0 Å². The van der Waals surface area contributed by atoms with E-state index in [2.05, 4.69) is 15.6 Å². The lowest BCUT2D eigenvalue weighted by molar-refractivity contribution is 0.0367. The number of hydrogen-bond acceptors (Lipinski definition) is 4. The first kappa shape index (κ1) is 16.0. The second-order valence-corrected chi connectivity index (χ2v) is 5.41. The summed E-state index contributed by atoms with van der Waals surface area (Å²) in [6.07, 6.45) is 5.76. The number of pyridine rings is 1. The molecule has 1 atom stereocenters.